The van der Waals surface area contributed by atoms with Crippen molar-refractivity contribution in [3.8, 4) is 11.5 Å². The molecule has 1 aromatic carbocycles. The molecule has 0 bridgehead atoms. The van der Waals surface area contributed by atoms with E-state index in [1.54, 1.807) is 12.1 Å². The molecule has 16 heavy (non-hydrogen) atoms. The summed E-state index contributed by atoms with van der Waals surface area (Å²) in [6.07, 6.45) is 1.14. The zero-order valence-corrected chi connectivity index (χ0v) is 9.79. The number of hydrogen-bond acceptors (Lipinski definition) is 5. The molecule has 0 spiro atoms. The van der Waals surface area contributed by atoms with Crippen molar-refractivity contribution in [1.29, 1.82) is 0 Å². The van der Waals surface area contributed by atoms with E-state index in [0.29, 0.717) is 5.56 Å². The summed E-state index contributed by atoms with van der Waals surface area (Å²) >= 11 is 5.48. The SMILES string of the molecule is CS(=O)(=O)c1ccc(-c2nnc(Cl)o2)cc1. The lowest BCUT2D eigenvalue weighted by Crippen LogP contribution is -1.96. The molecule has 0 fully saturated rings. The summed E-state index contributed by atoms with van der Waals surface area (Å²) in [6.45, 7) is 0. The topological polar surface area (TPSA) is 73.1 Å². The highest BCUT2D eigenvalue weighted by Crippen LogP contribution is 2.21. The minimum atomic E-state index is -3.19. The van der Waals surface area contributed by atoms with Crippen LogP contribution in [0, 0.1) is 0 Å². The lowest BCUT2D eigenvalue weighted by atomic mass is 10.2. The Hall–Kier alpha value is -1.40. The first kappa shape index (κ1) is 11.1. The molecule has 0 amide bonds. The number of aromatic nitrogens is 2. The summed E-state index contributed by atoms with van der Waals surface area (Å²) in [5.41, 5.74) is 0.617. The molecule has 0 saturated carbocycles. The van der Waals surface area contributed by atoms with Crippen LogP contribution in [0.4, 0.5) is 0 Å². The van der Waals surface area contributed by atoms with E-state index in [0.717, 1.165) is 6.26 Å². The van der Waals surface area contributed by atoms with Crippen LogP contribution in [-0.4, -0.2) is 24.9 Å². The van der Waals surface area contributed by atoms with Crippen molar-refractivity contribution in [1.82, 2.24) is 10.2 Å². The summed E-state index contributed by atoms with van der Waals surface area (Å²) in [5.74, 6) is 0.255. The quantitative estimate of drug-likeness (QED) is 0.821. The van der Waals surface area contributed by atoms with Crippen molar-refractivity contribution in [2.75, 3.05) is 6.26 Å². The van der Waals surface area contributed by atoms with Gasteiger partial charge in [0.2, 0.25) is 5.89 Å². The van der Waals surface area contributed by atoms with E-state index in [2.05, 4.69) is 10.2 Å². The third-order valence-corrected chi connectivity index (χ3v) is 3.21. The van der Waals surface area contributed by atoms with Crippen LogP contribution in [0.3, 0.4) is 0 Å². The molecule has 5 nitrogen and oxygen atoms in total. The summed E-state index contributed by atoms with van der Waals surface area (Å²) in [4.78, 5) is 0.238. The third kappa shape index (κ3) is 2.23. The third-order valence-electron chi connectivity index (χ3n) is 1.93. The maximum absolute atomic E-state index is 11.2. The van der Waals surface area contributed by atoms with Gasteiger partial charge in [0.1, 0.15) is 0 Å². The van der Waals surface area contributed by atoms with Crippen molar-refractivity contribution in [2.24, 2.45) is 0 Å². The molecule has 0 atom stereocenters. The normalized spacial score (nSPS) is 11.6. The number of rotatable bonds is 2. The van der Waals surface area contributed by atoms with Gasteiger partial charge in [-0.1, -0.05) is 5.10 Å². The lowest BCUT2D eigenvalue weighted by Gasteiger charge is -1.98. The van der Waals surface area contributed by atoms with Gasteiger partial charge in [-0.2, -0.15) is 0 Å². The number of benzene rings is 1. The van der Waals surface area contributed by atoms with Crippen LogP contribution in [0.15, 0.2) is 33.6 Å². The van der Waals surface area contributed by atoms with Gasteiger partial charge >= 0.3 is 5.35 Å². The predicted octanol–water partition coefficient (Wildman–Crippen LogP) is 1.79. The fraction of sp³-hybridized carbons (Fsp3) is 0.111. The Labute approximate surface area is 97.0 Å². The van der Waals surface area contributed by atoms with E-state index in [-0.39, 0.29) is 16.1 Å². The molecular formula is C9H7ClN2O3S. The minimum Gasteiger partial charge on any atom is -0.407 e. The fourth-order valence-electron chi connectivity index (χ4n) is 1.17. The van der Waals surface area contributed by atoms with Crippen molar-refractivity contribution in [3.05, 3.63) is 29.6 Å². The standard InChI is InChI=1S/C9H7ClN2O3S/c1-16(13,14)7-4-2-6(3-5-7)8-11-12-9(10)15-8/h2-5H,1H3. The van der Waals surface area contributed by atoms with Crippen LogP contribution >= 0.6 is 11.6 Å². The van der Waals surface area contributed by atoms with Crippen LogP contribution in [0.25, 0.3) is 11.5 Å². The van der Waals surface area contributed by atoms with E-state index in [9.17, 15) is 8.42 Å². The number of halogens is 1. The average Bonchev–Trinajstić information content (AvgIpc) is 2.64. The second-order valence-corrected chi connectivity index (χ2v) is 5.50. The number of sulfone groups is 1. The first-order valence-electron chi connectivity index (χ1n) is 4.26. The number of nitrogens with zero attached hydrogens (tertiary/aromatic N) is 2. The summed E-state index contributed by atoms with van der Waals surface area (Å²) in [5, 5.41) is 7.12. The van der Waals surface area contributed by atoms with Crippen molar-refractivity contribution < 1.29 is 12.8 Å². The zero-order chi connectivity index (χ0) is 11.8. The van der Waals surface area contributed by atoms with Crippen molar-refractivity contribution in [3.63, 3.8) is 0 Å². The summed E-state index contributed by atoms with van der Waals surface area (Å²) in [7, 11) is -3.19. The predicted molar refractivity (Wildman–Crippen MR) is 57.9 cm³/mol. The van der Waals surface area contributed by atoms with Gasteiger partial charge in [0.25, 0.3) is 0 Å². The van der Waals surface area contributed by atoms with E-state index in [4.69, 9.17) is 16.0 Å². The first-order valence-corrected chi connectivity index (χ1v) is 6.53. The van der Waals surface area contributed by atoms with Gasteiger partial charge in [-0.05, 0) is 35.9 Å². The molecule has 1 aromatic heterocycles. The molecule has 0 aliphatic carbocycles. The Bertz CT molecular complexity index is 604. The van der Waals surface area contributed by atoms with Gasteiger partial charge in [-0.25, -0.2) is 8.42 Å². The number of hydrogen-bond donors (Lipinski definition) is 0. The largest absolute Gasteiger partial charge is 0.407 e. The maximum Gasteiger partial charge on any atom is 0.313 e. The van der Waals surface area contributed by atoms with E-state index < -0.39 is 9.84 Å². The second kappa shape index (κ2) is 3.88. The summed E-state index contributed by atoms with van der Waals surface area (Å²) in [6, 6.07) is 6.12. The van der Waals surface area contributed by atoms with E-state index in [1.165, 1.54) is 12.1 Å². The monoisotopic (exact) mass is 258 g/mol. The molecule has 7 heteroatoms. The Morgan fingerprint density at radius 2 is 1.81 bits per heavy atom. The molecule has 2 rings (SSSR count). The minimum absolute atomic E-state index is 0.0535. The molecule has 2 aromatic rings. The molecule has 0 saturated heterocycles. The van der Waals surface area contributed by atoms with Gasteiger partial charge in [0.05, 0.1) is 4.90 Å². The van der Waals surface area contributed by atoms with Crippen LogP contribution in [-0.2, 0) is 9.84 Å². The highest BCUT2D eigenvalue weighted by Gasteiger charge is 2.10. The zero-order valence-electron chi connectivity index (χ0n) is 8.21. The molecular weight excluding hydrogens is 252 g/mol. The summed E-state index contributed by atoms with van der Waals surface area (Å²) < 4.78 is 27.4. The fourth-order valence-corrected chi connectivity index (χ4v) is 1.91. The molecule has 84 valence electrons. The van der Waals surface area contributed by atoms with Gasteiger partial charge < -0.3 is 4.42 Å². The maximum atomic E-state index is 11.2. The Kier molecular flexibility index (Phi) is 2.69. The molecule has 1 heterocycles. The Morgan fingerprint density at radius 3 is 2.25 bits per heavy atom. The van der Waals surface area contributed by atoms with Gasteiger partial charge in [0, 0.05) is 11.8 Å². The smallest absolute Gasteiger partial charge is 0.313 e. The highest BCUT2D eigenvalue weighted by atomic mass is 35.5. The van der Waals surface area contributed by atoms with E-state index in [1.807, 2.05) is 0 Å². The Balaban J connectivity index is 2.40. The molecule has 0 radical (unpaired) electrons. The van der Waals surface area contributed by atoms with Gasteiger partial charge in [-0.3, -0.25) is 0 Å². The second-order valence-electron chi connectivity index (χ2n) is 3.16. The average molecular weight is 259 g/mol. The molecule has 0 aliphatic rings. The van der Waals surface area contributed by atoms with Crippen LogP contribution < -0.4 is 0 Å². The van der Waals surface area contributed by atoms with Crippen molar-refractivity contribution in [2.45, 2.75) is 4.90 Å². The van der Waals surface area contributed by atoms with Crippen LogP contribution in [0.5, 0.6) is 0 Å². The molecule has 0 unspecified atom stereocenters. The first-order chi connectivity index (χ1) is 7.47. The Morgan fingerprint density at radius 1 is 1.19 bits per heavy atom. The van der Waals surface area contributed by atoms with Crippen LogP contribution in [0.1, 0.15) is 0 Å². The van der Waals surface area contributed by atoms with Gasteiger partial charge in [-0.15, -0.1) is 5.10 Å². The molecule has 0 aliphatic heterocycles. The van der Waals surface area contributed by atoms with Crippen LogP contribution in [0.2, 0.25) is 5.35 Å². The highest BCUT2D eigenvalue weighted by molar-refractivity contribution is 7.90. The van der Waals surface area contributed by atoms with Crippen molar-refractivity contribution >= 4 is 21.4 Å². The van der Waals surface area contributed by atoms with E-state index >= 15 is 0 Å². The van der Waals surface area contributed by atoms with Gasteiger partial charge in [0.15, 0.2) is 9.84 Å². The molecule has 0 N–H and O–H groups in total. The lowest BCUT2D eigenvalue weighted by molar-refractivity contribution is 0.570.